The number of ether oxygens (including phenoxy) is 1. The molecule has 0 saturated carbocycles. The van der Waals surface area contributed by atoms with Gasteiger partial charge in [-0.3, -0.25) is 10.1 Å². The maximum absolute atomic E-state index is 11.0. The smallest absolute Gasteiger partial charge is 0.372 e. The second-order valence-corrected chi connectivity index (χ2v) is 3.76. The van der Waals surface area contributed by atoms with Crippen molar-refractivity contribution in [1.29, 1.82) is 0 Å². The van der Waals surface area contributed by atoms with Crippen molar-refractivity contribution in [2.45, 2.75) is 6.54 Å². The lowest BCUT2D eigenvalue weighted by atomic mass is 10.4. The number of carbonyl (C=O) groups is 1. The third-order valence-corrected chi connectivity index (χ3v) is 2.47. The summed E-state index contributed by atoms with van der Waals surface area (Å²) in [4.78, 5) is 28.4. The van der Waals surface area contributed by atoms with Crippen molar-refractivity contribution in [3.63, 3.8) is 0 Å². The number of nitro groups is 1. The Bertz CT molecular complexity index is 683. The van der Waals surface area contributed by atoms with Gasteiger partial charge in [0.1, 0.15) is 12.1 Å². The van der Waals surface area contributed by atoms with E-state index in [4.69, 9.17) is 14.3 Å². The fourth-order valence-corrected chi connectivity index (χ4v) is 1.56. The number of furan rings is 1. The molecule has 0 fully saturated rings. The predicted molar refractivity (Wildman–Crippen MR) is 68.2 cm³/mol. The van der Waals surface area contributed by atoms with Gasteiger partial charge in [-0.1, -0.05) is 0 Å². The van der Waals surface area contributed by atoms with E-state index >= 15 is 0 Å². The zero-order valence-electron chi connectivity index (χ0n) is 10.8. The molecule has 0 atom stereocenters. The van der Waals surface area contributed by atoms with Crippen LogP contribution in [0.25, 0.3) is 0 Å². The summed E-state index contributed by atoms with van der Waals surface area (Å²) in [5, 5.41) is 22.4. The van der Waals surface area contributed by atoms with E-state index in [-0.39, 0.29) is 24.0 Å². The number of nitrogens with one attached hydrogen (secondary N) is 1. The predicted octanol–water partition coefficient (Wildman–Crippen LogP) is 1.30. The monoisotopic (exact) mass is 294 g/mol. The molecule has 0 aliphatic carbocycles. The molecule has 0 aromatic carbocycles. The number of methoxy groups -OCH3 is 1. The Balaban J connectivity index is 2.19. The number of anilines is 1. The molecule has 0 saturated heterocycles. The van der Waals surface area contributed by atoms with Gasteiger partial charge in [0.05, 0.1) is 18.6 Å². The van der Waals surface area contributed by atoms with E-state index in [0.29, 0.717) is 5.76 Å². The minimum absolute atomic E-state index is 0.0221. The second-order valence-electron chi connectivity index (χ2n) is 3.76. The quantitative estimate of drug-likeness (QED) is 0.595. The highest BCUT2D eigenvalue weighted by Crippen LogP contribution is 2.30. The number of aromatic nitrogens is 2. The number of hydrogen-bond acceptors (Lipinski definition) is 8. The van der Waals surface area contributed by atoms with Gasteiger partial charge < -0.3 is 19.6 Å². The molecule has 2 aromatic heterocycles. The highest BCUT2D eigenvalue weighted by atomic mass is 16.6. The normalized spacial score (nSPS) is 10.1. The van der Waals surface area contributed by atoms with Crippen LogP contribution in [0.15, 0.2) is 22.9 Å². The SMILES string of the molecule is COc1ncnc(NCc2ccc(C(=O)O)o2)c1[N+](=O)[O-]. The van der Waals surface area contributed by atoms with Gasteiger partial charge in [0.25, 0.3) is 5.88 Å². The van der Waals surface area contributed by atoms with Crippen LogP contribution in [0.1, 0.15) is 16.3 Å². The standard InChI is InChI=1S/C11H10N4O6/c1-20-10-8(15(18)19)9(13-5-14-10)12-4-6-2-3-7(21-6)11(16)17/h2-3,5H,4H2,1H3,(H,16,17)(H,12,13,14). The van der Waals surface area contributed by atoms with Crippen LogP contribution in [-0.2, 0) is 6.54 Å². The Labute approximate surface area is 117 Å². The summed E-state index contributed by atoms with van der Waals surface area (Å²) in [5.41, 5.74) is -0.412. The molecule has 0 radical (unpaired) electrons. The van der Waals surface area contributed by atoms with Crippen molar-refractivity contribution in [1.82, 2.24) is 9.97 Å². The van der Waals surface area contributed by atoms with Crippen LogP contribution in [-0.4, -0.2) is 33.1 Å². The molecule has 21 heavy (non-hydrogen) atoms. The van der Waals surface area contributed by atoms with E-state index in [1.54, 1.807) is 0 Å². The third kappa shape index (κ3) is 3.05. The minimum Gasteiger partial charge on any atom is -0.476 e. The maximum Gasteiger partial charge on any atom is 0.372 e. The Hall–Kier alpha value is -3.17. The van der Waals surface area contributed by atoms with Gasteiger partial charge in [0.15, 0.2) is 0 Å². The van der Waals surface area contributed by atoms with E-state index in [1.807, 2.05) is 0 Å². The van der Waals surface area contributed by atoms with Crippen LogP contribution in [0.4, 0.5) is 11.5 Å². The van der Waals surface area contributed by atoms with Crippen molar-refractivity contribution >= 4 is 17.5 Å². The lowest BCUT2D eigenvalue weighted by Crippen LogP contribution is -2.06. The molecule has 10 nitrogen and oxygen atoms in total. The summed E-state index contributed by atoms with van der Waals surface area (Å²) in [6, 6.07) is 2.73. The molecule has 2 rings (SSSR count). The molecule has 10 heteroatoms. The number of hydrogen-bond donors (Lipinski definition) is 2. The lowest BCUT2D eigenvalue weighted by Gasteiger charge is -2.06. The van der Waals surface area contributed by atoms with E-state index in [2.05, 4.69) is 15.3 Å². The minimum atomic E-state index is -1.20. The molecule has 2 heterocycles. The average molecular weight is 294 g/mol. The largest absolute Gasteiger partial charge is 0.476 e. The van der Waals surface area contributed by atoms with Gasteiger partial charge in [0, 0.05) is 0 Å². The Kier molecular flexibility index (Phi) is 3.97. The molecule has 0 amide bonds. The molecular weight excluding hydrogens is 284 g/mol. The van der Waals surface area contributed by atoms with Gasteiger partial charge in [-0.2, -0.15) is 4.98 Å². The number of nitrogens with zero attached hydrogens (tertiary/aromatic N) is 3. The Morgan fingerprint density at radius 2 is 2.29 bits per heavy atom. The summed E-state index contributed by atoms with van der Waals surface area (Å²) in [7, 11) is 1.25. The first-order valence-corrected chi connectivity index (χ1v) is 5.62. The van der Waals surface area contributed by atoms with Crippen LogP contribution in [0.5, 0.6) is 5.88 Å². The Morgan fingerprint density at radius 1 is 1.52 bits per heavy atom. The number of carboxylic acid groups (broad SMARTS) is 1. The molecule has 2 N–H and O–H groups in total. The van der Waals surface area contributed by atoms with Gasteiger partial charge in [-0.25, -0.2) is 9.78 Å². The molecule has 0 unspecified atom stereocenters. The van der Waals surface area contributed by atoms with Crippen molar-refractivity contribution < 1.29 is 24.0 Å². The van der Waals surface area contributed by atoms with E-state index in [9.17, 15) is 14.9 Å². The second kappa shape index (κ2) is 5.86. The van der Waals surface area contributed by atoms with Crippen LogP contribution < -0.4 is 10.1 Å². The van der Waals surface area contributed by atoms with Gasteiger partial charge in [-0.15, -0.1) is 0 Å². The summed E-state index contributed by atoms with van der Waals surface area (Å²) < 4.78 is 9.82. The maximum atomic E-state index is 11.0. The molecule has 0 bridgehead atoms. The lowest BCUT2D eigenvalue weighted by molar-refractivity contribution is -0.385. The average Bonchev–Trinajstić information content (AvgIpc) is 2.93. The van der Waals surface area contributed by atoms with Crippen molar-refractivity contribution in [2.75, 3.05) is 12.4 Å². The number of rotatable bonds is 6. The van der Waals surface area contributed by atoms with E-state index in [1.165, 1.54) is 19.2 Å². The van der Waals surface area contributed by atoms with Crippen molar-refractivity contribution in [3.05, 3.63) is 40.1 Å². The topological polar surface area (TPSA) is 141 Å². The van der Waals surface area contributed by atoms with E-state index in [0.717, 1.165) is 6.33 Å². The first kappa shape index (κ1) is 14.2. The molecule has 110 valence electrons. The first-order valence-electron chi connectivity index (χ1n) is 5.62. The molecule has 0 spiro atoms. The summed E-state index contributed by atoms with van der Waals surface area (Å²) in [5.74, 6) is -1.36. The van der Waals surface area contributed by atoms with Crippen molar-refractivity contribution in [3.8, 4) is 5.88 Å². The van der Waals surface area contributed by atoms with Crippen LogP contribution in [0, 0.1) is 10.1 Å². The molecule has 0 aliphatic heterocycles. The highest BCUT2D eigenvalue weighted by Gasteiger charge is 2.23. The van der Waals surface area contributed by atoms with Gasteiger partial charge >= 0.3 is 11.7 Å². The van der Waals surface area contributed by atoms with Crippen molar-refractivity contribution in [2.24, 2.45) is 0 Å². The summed E-state index contributed by atoms with van der Waals surface area (Å²) in [6.45, 7) is 0.0221. The first-order chi connectivity index (χ1) is 10.0. The van der Waals surface area contributed by atoms with Gasteiger partial charge in [-0.05, 0) is 12.1 Å². The Morgan fingerprint density at radius 3 is 2.86 bits per heavy atom. The number of aromatic carboxylic acids is 1. The summed E-state index contributed by atoms with van der Waals surface area (Å²) in [6.07, 6.45) is 1.11. The fourth-order valence-electron chi connectivity index (χ4n) is 1.56. The molecule has 0 aliphatic rings. The zero-order chi connectivity index (χ0) is 15.4. The van der Waals surface area contributed by atoms with Crippen LogP contribution >= 0.6 is 0 Å². The molecule has 2 aromatic rings. The van der Waals surface area contributed by atoms with E-state index < -0.39 is 16.6 Å². The van der Waals surface area contributed by atoms with Gasteiger partial charge in [0.2, 0.25) is 11.6 Å². The molecular formula is C11H10N4O6. The zero-order valence-corrected chi connectivity index (χ0v) is 10.8. The van der Waals surface area contributed by atoms with Crippen LogP contribution in [0.2, 0.25) is 0 Å². The fraction of sp³-hybridized carbons (Fsp3) is 0.182. The highest BCUT2D eigenvalue weighted by molar-refractivity contribution is 5.84. The summed E-state index contributed by atoms with van der Waals surface area (Å²) >= 11 is 0. The number of carboxylic acids is 1. The van der Waals surface area contributed by atoms with Crippen LogP contribution in [0.3, 0.4) is 0 Å². The third-order valence-electron chi connectivity index (χ3n) is 2.47.